The van der Waals surface area contributed by atoms with Gasteiger partial charge in [-0.25, -0.2) is 0 Å². The summed E-state index contributed by atoms with van der Waals surface area (Å²) in [7, 11) is 1.63. The van der Waals surface area contributed by atoms with Crippen LogP contribution < -0.4 is 10.5 Å². The van der Waals surface area contributed by atoms with Gasteiger partial charge in [0.15, 0.2) is 5.79 Å². The highest BCUT2D eigenvalue weighted by atomic mass is 79.9. The Morgan fingerprint density at radius 3 is 2.88 bits per heavy atom. The predicted molar refractivity (Wildman–Crippen MR) is 67.9 cm³/mol. The van der Waals surface area contributed by atoms with E-state index in [0.29, 0.717) is 13.2 Å². The second-order valence-electron chi connectivity index (χ2n) is 4.08. The Morgan fingerprint density at radius 1 is 1.59 bits per heavy atom. The molecular formula is C12H16BrNO3. The van der Waals surface area contributed by atoms with Crippen LogP contribution in [0.15, 0.2) is 22.7 Å². The van der Waals surface area contributed by atoms with E-state index < -0.39 is 5.79 Å². The van der Waals surface area contributed by atoms with Crippen LogP contribution in [-0.4, -0.2) is 26.4 Å². The molecule has 2 unspecified atom stereocenters. The van der Waals surface area contributed by atoms with Gasteiger partial charge in [-0.3, -0.25) is 0 Å². The fourth-order valence-corrected chi connectivity index (χ4v) is 2.40. The van der Waals surface area contributed by atoms with Crippen molar-refractivity contribution in [2.75, 3.05) is 20.3 Å². The molecule has 1 aromatic rings. The molecule has 0 aromatic heterocycles. The van der Waals surface area contributed by atoms with E-state index in [-0.39, 0.29) is 6.10 Å². The summed E-state index contributed by atoms with van der Waals surface area (Å²) in [5.74, 6) is 0.0597. The summed E-state index contributed by atoms with van der Waals surface area (Å²) in [4.78, 5) is 0. The smallest absolute Gasteiger partial charge is 0.192 e. The van der Waals surface area contributed by atoms with Crippen LogP contribution in [0.25, 0.3) is 0 Å². The lowest BCUT2D eigenvalue weighted by molar-refractivity contribution is -0.160. The molecule has 0 spiro atoms. The topological polar surface area (TPSA) is 53.7 Å². The number of methoxy groups -OCH3 is 1. The summed E-state index contributed by atoms with van der Waals surface area (Å²) < 4.78 is 17.6. The monoisotopic (exact) mass is 301 g/mol. The first kappa shape index (κ1) is 12.8. The maximum absolute atomic E-state index is 5.80. The molecule has 2 N–H and O–H groups in total. The minimum Gasteiger partial charge on any atom is -0.496 e. The molecule has 1 saturated heterocycles. The van der Waals surface area contributed by atoms with Crippen LogP contribution in [0.3, 0.4) is 0 Å². The van der Waals surface area contributed by atoms with Gasteiger partial charge in [0.1, 0.15) is 5.75 Å². The van der Waals surface area contributed by atoms with Crippen molar-refractivity contribution in [3.63, 3.8) is 0 Å². The third kappa shape index (κ3) is 2.47. The second-order valence-corrected chi connectivity index (χ2v) is 4.94. The van der Waals surface area contributed by atoms with Crippen molar-refractivity contribution in [3.05, 3.63) is 28.2 Å². The molecular weight excluding hydrogens is 286 g/mol. The van der Waals surface area contributed by atoms with Crippen LogP contribution in [0.5, 0.6) is 5.75 Å². The molecule has 1 aliphatic rings. The predicted octanol–water partition coefficient (Wildman–Crippen LogP) is 2.00. The number of nitrogens with two attached hydrogens (primary N) is 1. The van der Waals surface area contributed by atoms with Crippen LogP contribution in [0.1, 0.15) is 12.5 Å². The summed E-state index contributed by atoms with van der Waals surface area (Å²) >= 11 is 3.45. The lowest BCUT2D eigenvalue weighted by Gasteiger charge is -2.24. The first-order valence-corrected chi connectivity index (χ1v) is 6.24. The first-order valence-electron chi connectivity index (χ1n) is 5.45. The highest BCUT2D eigenvalue weighted by Crippen LogP contribution is 2.37. The van der Waals surface area contributed by atoms with E-state index in [9.17, 15) is 0 Å². The zero-order chi connectivity index (χ0) is 12.5. The van der Waals surface area contributed by atoms with Gasteiger partial charge in [-0.1, -0.05) is 0 Å². The maximum Gasteiger partial charge on any atom is 0.192 e. The summed E-state index contributed by atoms with van der Waals surface area (Å²) in [6.07, 6.45) is -0.0409. The quantitative estimate of drug-likeness (QED) is 0.928. The fourth-order valence-electron chi connectivity index (χ4n) is 1.85. The Morgan fingerprint density at radius 2 is 2.35 bits per heavy atom. The first-order chi connectivity index (χ1) is 8.09. The van der Waals surface area contributed by atoms with E-state index in [1.165, 1.54) is 0 Å². The Hall–Kier alpha value is -0.620. The van der Waals surface area contributed by atoms with Gasteiger partial charge in [-0.15, -0.1) is 0 Å². The van der Waals surface area contributed by atoms with Crippen LogP contribution >= 0.6 is 15.9 Å². The number of hydrogen-bond donors (Lipinski definition) is 1. The van der Waals surface area contributed by atoms with Crippen molar-refractivity contribution in [2.45, 2.75) is 18.8 Å². The van der Waals surface area contributed by atoms with Crippen LogP contribution in [0, 0.1) is 0 Å². The number of halogens is 1. The average Bonchev–Trinajstić information content (AvgIpc) is 2.72. The molecule has 1 heterocycles. The Labute approximate surface area is 109 Å². The molecule has 17 heavy (non-hydrogen) atoms. The van der Waals surface area contributed by atoms with Crippen LogP contribution in [0.4, 0.5) is 0 Å². The number of rotatable bonds is 3. The average molecular weight is 302 g/mol. The molecule has 5 heteroatoms. The number of hydrogen-bond acceptors (Lipinski definition) is 4. The molecule has 0 aliphatic carbocycles. The van der Waals surface area contributed by atoms with Gasteiger partial charge >= 0.3 is 0 Å². The van der Waals surface area contributed by atoms with Crippen molar-refractivity contribution in [2.24, 2.45) is 5.73 Å². The standard InChI is InChI=1S/C12H16BrNO3/c1-12(16-7-9(6-14)17-12)8-3-4-11(15-2)10(13)5-8/h3-5,9H,6-7,14H2,1-2H3. The molecule has 1 fully saturated rings. The highest BCUT2D eigenvalue weighted by molar-refractivity contribution is 9.10. The molecule has 0 amide bonds. The van der Waals surface area contributed by atoms with Crippen molar-refractivity contribution in [1.29, 1.82) is 0 Å². The zero-order valence-electron chi connectivity index (χ0n) is 9.90. The van der Waals surface area contributed by atoms with Crippen molar-refractivity contribution in [1.82, 2.24) is 0 Å². The SMILES string of the molecule is COc1ccc(C2(C)OCC(CN)O2)cc1Br. The summed E-state index contributed by atoms with van der Waals surface area (Å²) in [5, 5.41) is 0. The van der Waals surface area contributed by atoms with Gasteiger partial charge in [0.05, 0.1) is 24.3 Å². The van der Waals surface area contributed by atoms with Crippen LogP contribution in [0.2, 0.25) is 0 Å². The van der Waals surface area contributed by atoms with Gasteiger partial charge < -0.3 is 19.9 Å². The molecule has 2 atom stereocenters. The second kappa shape index (κ2) is 4.94. The van der Waals surface area contributed by atoms with Crippen molar-refractivity contribution < 1.29 is 14.2 Å². The van der Waals surface area contributed by atoms with Gasteiger partial charge in [-0.05, 0) is 41.1 Å². The normalized spacial score (nSPS) is 28.4. The molecule has 4 nitrogen and oxygen atoms in total. The molecule has 94 valence electrons. The molecule has 0 saturated carbocycles. The van der Waals surface area contributed by atoms with Crippen molar-refractivity contribution in [3.8, 4) is 5.75 Å². The lowest BCUT2D eigenvalue weighted by Crippen LogP contribution is -2.27. The third-order valence-corrected chi connectivity index (χ3v) is 3.49. The highest BCUT2D eigenvalue weighted by Gasteiger charge is 2.38. The van der Waals surface area contributed by atoms with E-state index >= 15 is 0 Å². The van der Waals surface area contributed by atoms with Crippen molar-refractivity contribution >= 4 is 15.9 Å². The Balaban J connectivity index is 2.25. The summed E-state index contributed by atoms with van der Waals surface area (Å²) in [5.41, 5.74) is 6.52. The van der Waals surface area contributed by atoms with Gasteiger partial charge in [0.25, 0.3) is 0 Å². The largest absolute Gasteiger partial charge is 0.496 e. The Kier molecular flexibility index (Phi) is 3.73. The number of ether oxygens (including phenoxy) is 3. The van der Waals surface area contributed by atoms with Gasteiger partial charge in [0, 0.05) is 12.1 Å². The van der Waals surface area contributed by atoms with E-state index in [1.54, 1.807) is 7.11 Å². The van der Waals surface area contributed by atoms with E-state index in [0.717, 1.165) is 15.8 Å². The van der Waals surface area contributed by atoms with Gasteiger partial charge in [0.2, 0.25) is 0 Å². The Bertz CT molecular complexity index is 413. The maximum atomic E-state index is 5.80. The van der Waals surface area contributed by atoms with E-state index in [2.05, 4.69) is 15.9 Å². The molecule has 1 aliphatic heterocycles. The summed E-state index contributed by atoms with van der Waals surface area (Å²) in [6.45, 7) is 2.89. The molecule has 0 radical (unpaired) electrons. The summed E-state index contributed by atoms with van der Waals surface area (Å²) in [6, 6.07) is 5.76. The lowest BCUT2D eigenvalue weighted by atomic mass is 10.1. The van der Waals surface area contributed by atoms with Crippen LogP contribution in [-0.2, 0) is 15.3 Å². The molecule has 0 bridgehead atoms. The fraction of sp³-hybridized carbons (Fsp3) is 0.500. The van der Waals surface area contributed by atoms with E-state index in [4.69, 9.17) is 19.9 Å². The molecule has 2 rings (SSSR count). The minimum atomic E-state index is -0.723. The third-order valence-electron chi connectivity index (χ3n) is 2.88. The van der Waals surface area contributed by atoms with E-state index in [1.807, 2.05) is 25.1 Å². The number of benzene rings is 1. The van der Waals surface area contributed by atoms with Gasteiger partial charge in [-0.2, -0.15) is 0 Å². The zero-order valence-corrected chi connectivity index (χ0v) is 11.5. The molecule has 1 aromatic carbocycles. The minimum absolute atomic E-state index is 0.0409.